The van der Waals surface area contributed by atoms with Crippen LogP contribution in [0.1, 0.15) is 38.2 Å². The third-order valence-corrected chi connectivity index (χ3v) is 3.98. The van der Waals surface area contributed by atoms with Gasteiger partial charge in [0.15, 0.2) is 0 Å². The number of hydrogen-bond acceptors (Lipinski definition) is 3. The fourth-order valence-electron chi connectivity index (χ4n) is 2.38. The molecule has 0 aromatic heterocycles. The maximum Gasteiger partial charge on any atom is 0.305 e. The summed E-state index contributed by atoms with van der Waals surface area (Å²) in [5, 5.41) is 3.59. The van der Waals surface area contributed by atoms with Gasteiger partial charge >= 0.3 is 5.97 Å². The number of amides is 1. The molecule has 0 heterocycles. The van der Waals surface area contributed by atoms with Crippen LogP contribution in [0.3, 0.4) is 0 Å². The standard InChI is InChI=1S/C16H20ClNO3/c1-2-21-14(19)4-3-11-18-15(20)16(9-10-16)12-5-7-13(17)8-6-12/h5-8H,2-4,9-11H2,1H3,(H,18,20). The Hall–Kier alpha value is -1.55. The first kappa shape index (κ1) is 15.8. The summed E-state index contributed by atoms with van der Waals surface area (Å²) >= 11 is 5.88. The second kappa shape index (κ2) is 6.94. The van der Waals surface area contributed by atoms with Crippen LogP contribution in [-0.4, -0.2) is 25.0 Å². The van der Waals surface area contributed by atoms with Crippen molar-refractivity contribution in [1.82, 2.24) is 5.32 Å². The number of hydrogen-bond donors (Lipinski definition) is 1. The smallest absolute Gasteiger partial charge is 0.305 e. The molecule has 4 nitrogen and oxygen atoms in total. The lowest BCUT2D eigenvalue weighted by molar-refractivity contribution is -0.143. The van der Waals surface area contributed by atoms with E-state index in [0.29, 0.717) is 31.0 Å². The van der Waals surface area contributed by atoms with E-state index in [1.165, 1.54) is 0 Å². The highest BCUT2D eigenvalue weighted by atomic mass is 35.5. The molecule has 1 fully saturated rings. The van der Waals surface area contributed by atoms with Gasteiger partial charge in [0.1, 0.15) is 0 Å². The number of ether oxygens (including phenoxy) is 1. The first-order valence-corrected chi connectivity index (χ1v) is 7.66. The summed E-state index contributed by atoms with van der Waals surface area (Å²) in [4.78, 5) is 23.5. The van der Waals surface area contributed by atoms with Crippen molar-refractivity contribution in [3.05, 3.63) is 34.9 Å². The van der Waals surface area contributed by atoms with E-state index in [9.17, 15) is 9.59 Å². The zero-order valence-corrected chi connectivity index (χ0v) is 12.9. The fraction of sp³-hybridized carbons (Fsp3) is 0.500. The molecular formula is C16H20ClNO3. The Morgan fingerprint density at radius 2 is 1.95 bits per heavy atom. The Morgan fingerprint density at radius 3 is 2.52 bits per heavy atom. The average Bonchev–Trinajstić information content (AvgIpc) is 3.26. The molecular weight excluding hydrogens is 290 g/mol. The molecule has 1 amide bonds. The Balaban J connectivity index is 1.80. The number of carbonyl (C=O) groups is 2. The topological polar surface area (TPSA) is 55.4 Å². The lowest BCUT2D eigenvalue weighted by Crippen LogP contribution is -2.35. The molecule has 0 saturated heterocycles. The van der Waals surface area contributed by atoms with Crippen LogP contribution in [0.25, 0.3) is 0 Å². The van der Waals surface area contributed by atoms with Crippen LogP contribution in [0.4, 0.5) is 0 Å². The lowest BCUT2D eigenvalue weighted by atomic mass is 9.95. The van der Waals surface area contributed by atoms with Crippen molar-refractivity contribution in [2.24, 2.45) is 0 Å². The molecule has 1 N–H and O–H groups in total. The second-order valence-corrected chi connectivity index (χ2v) is 5.69. The van der Waals surface area contributed by atoms with Crippen molar-refractivity contribution in [3.8, 4) is 0 Å². The van der Waals surface area contributed by atoms with Gasteiger partial charge in [-0.05, 0) is 43.9 Å². The van der Waals surface area contributed by atoms with Gasteiger partial charge in [-0.2, -0.15) is 0 Å². The molecule has 1 aromatic rings. The van der Waals surface area contributed by atoms with Gasteiger partial charge in [-0.15, -0.1) is 0 Å². The van der Waals surface area contributed by atoms with E-state index in [1.807, 2.05) is 24.3 Å². The van der Waals surface area contributed by atoms with Gasteiger partial charge < -0.3 is 10.1 Å². The van der Waals surface area contributed by atoms with Gasteiger partial charge in [-0.3, -0.25) is 9.59 Å². The fourth-order valence-corrected chi connectivity index (χ4v) is 2.50. The maximum atomic E-state index is 12.3. The predicted molar refractivity (Wildman–Crippen MR) is 81.2 cm³/mol. The Bertz CT molecular complexity index is 509. The molecule has 5 heteroatoms. The Morgan fingerprint density at radius 1 is 1.29 bits per heavy atom. The van der Waals surface area contributed by atoms with Gasteiger partial charge in [-0.1, -0.05) is 23.7 Å². The van der Waals surface area contributed by atoms with Crippen LogP contribution >= 0.6 is 11.6 Å². The number of rotatable bonds is 7. The van der Waals surface area contributed by atoms with Gasteiger partial charge in [-0.25, -0.2) is 0 Å². The Kier molecular flexibility index (Phi) is 5.23. The van der Waals surface area contributed by atoms with E-state index >= 15 is 0 Å². The molecule has 0 radical (unpaired) electrons. The van der Waals surface area contributed by atoms with Crippen LogP contribution in [-0.2, 0) is 19.7 Å². The molecule has 0 aliphatic heterocycles. The summed E-state index contributed by atoms with van der Waals surface area (Å²) in [7, 11) is 0. The highest BCUT2D eigenvalue weighted by molar-refractivity contribution is 6.30. The highest BCUT2D eigenvalue weighted by Crippen LogP contribution is 2.48. The molecule has 0 spiro atoms. The van der Waals surface area contributed by atoms with Crippen LogP contribution in [0.2, 0.25) is 5.02 Å². The molecule has 0 unspecified atom stereocenters. The van der Waals surface area contributed by atoms with Crippen LogP contribution < -0.4 is 5.32 Å². The number of carbonyl (C=O) groups excluding carboxylic acids is 2. The minimum Gasteiger partial charge on any atom is -0.466 e. The largest absolute Gasteiger partial charge is 0.466 e. The third kappa shape index (κ3) is 3.97. The first-order chi connectivity index (χ1) is 10.1. The number of nitrogens with one attached hydrogen (secondary N) is 1. The van der Waals surface area contributed by atoms with Crippen molar-refractivity contribution in [2.45, 2.75) is 38.0 Å². The number of benzene rings is 1. The number of halogens is 1. The van der Waals surface area contributed by atoms with E-state index in [0.717, 1.165) is 18.4 Å². The van der Waals surface area contributed by atoms with E-state index in [1.54, 1.807) is 6.92 Å². The summed E-state index contributed by atoms with van der Waals surface area (Å²) < 4.78 is 4.84. The van der Waals surface area contributed by atoms with E-state index < -0.39 is 5.41 Å². The molecule has 2 rings (SSSR count). The highest BCUT2D eigenvalue weighted by Gasteiger charge is 2.50. The van der Waals surface area contributed by atoms with Crippen molar-refractivity contribution in [1.29, 1.82) is 0 Å². The van der Waals surface area contributed by atoms with Crippen molar-refractivity contribution < 1.29 is 14.3 Å². The second-order valence-electron chi connectivity index (χ2n) is 5.25. The quantitative estimate of drug-likeness (QED) is 0.622. The normalized spacial score (nSPS) is 15.3. The minimum absolute atomic E-state index is 0.0358. The summed E-state index contributed by atoms with van der Waals surface area (Å²) in [6.45, 7) is 2.67. The van der Waals surface area contributed by atoms with Gasteiger partial charge in [0.2, 0.25) is 5.91 Å². The zero-order valence-electron chi connectivity index (χ0n) is 12.2. The van der Waals surface area contributed by atoms with E-state index in [2.05, 4.69) is 5.32 Å². The molecule has 1 saturated carbocycles. The minimum atomic E-state index is -0.394. The summed E-state index contributed by atoms with van der Waals surface area (Å²) in [6, 6.07) is 7.44. The summed E-state index contributed by atoms with van der Waals surface area (Å²) in [5.41, 5.74) is 0.615. The average molecular weight is 310 g/mol. The SMILES string of the molecule is CCOC(=O)CCCNC(=O)C1(c2ccc(Cl)cc2)CC1. The van der Waals surface area contributed by atoms with Crippen molar-refractivity contribution in [3.63, 3.8) is 0 Å². The number of esters is 1. The van der Waals surface area contributed by atoms with Crippen LogP contribution in [0.15, 0.2) is 24.3 Å². The third-order valence-electron chi connectivity index (χ3n) is 3.73. The van der Waals surface area contributed by atoms with Gasteiger partial charge in [0.05, 0.1) is 12.0 Å². The van der Waals surface area contributed by atoms with E-state index in [-0.39, 0.29) is 11.9 Å². The lowest BCUT2D eigenvalue weighted by Gasteiger charge is -2.15. The first-order valence-electron chi connectivity index (χ1n) is 7.28. The van der Waals surface area contributed by atoms with Crippen LogP contribution in [0.5, 0.6) is 0 Å². The summed E-state index contributed by atoms with van der Waals surface area (Å²) in [5.74, 6) is -0.181. The molecule has 114 valence electrons. The molecule has 0 bridgehead atoms. The summed E-state index contributed by atoms with van der Waals surface area (Å²) in [6.07, 6.45) is 2.65. The monoisotopic (exact) mass is 309 g/mol. The van der Waals surface area contributed by atoms with Gasteiger partial charge in [0.25, 0.3) is 0 Å². The Labute approximate surface area is 129 Å². The molecule has 0 atom stereocenters. The molecule has 1 aliphatic rings. The van der Waals surface area contributed by atoms with Gasteiger partial charge in [0, 0.05) is 18.0 Å². The van der Waals surface area contributed by atoms with Crippen LogP contribution in [0, 0.1) is 0 Å². The predicted octanol–water partition coefficient (Wildman–Crippen LogP) is 2.83. The van der Waals surface area contributed by atoms with Crippen molar-refractivity contribution >= 4 is 23.5 Å². The van der Waals surface area contributed by atoms with Crippen molar-refractivity contribution in [2.75, 3.05) is 13.2 Å². The zero-order chi connectivity index (χ0) is 15.3. The molecule has 21 heavy (non-hydrogen) atoms. The van der Waals surface area contributed by atoms with E-state index in [4.69, 9.17) is 16.3 Å². The molecule has 1 aromatic carbocycles. The molecule has 1 aliphatic carbocycles. The maximum absolute atomic E-state index is 12.3.